The molecule has 1 atom stereocenters. The molecule has 0 aliphatic rings. The quantitative estimate of drug-likeness (QED) is 0.500. The molecular formula is C9H17IN4S. The number of aromatic nitrogens is 1. The van der Waals surface area contributed by atoms with Gasteiger partial charge in [0.2, 0.25) is 0 Å². The molecule has 4 nitrogen and oxygen atoms in total. The lowest BCUT2D eigenvalue weighted by molar-refractivity contribution is 0.703. The molecule has 0 saturated carbocycles. The standard InChI is InChI=1S/C9H16N4S.HI/c1-7(8-12-4-5-14-8)6-13-9(10-2)11-3;/h4-5,7H,6H2,1-3H3,(H2,10,11,13);1H. The number of aliphatic imine (C=N–C) groups is 1. The molecule has 1 heterocycles. The first-order chi connectivity index (χ1) is 6.77. The van der Waals surface area contributed by atoms with Crippen LogP contribution in [0.25, 0.3) is 0 Å². The van der Waals surface area contributed by atoms with Crippen LogP contribution in [-0.2, 0) is 0 Å². The minimum absolute atomic E-state index is 0. The second kappa shape index (κ2) is 7.86. The molecule has 1 rings (SSSR count). The van der Waals surface area contributed by atoms with E-state index in [1.54, 1.807) is 18.4 Å². The van der Waals surface area contributed by atoms with E-state index >= 15 is 0 Å². The van der Waals surface area contributed by atoms with E-state index in [1.807, 2.05) is 18.6 Å². The lowest BCUT2D eigenvalue weighted by Crippen LogP contribution is -2.36. The average molecular weight is 340 g/mol. The zero-order valence-electron chi connectivity index (χ0n) is 9.15. The van der Waals surface area contributed by atoms with E-state index in [9.17, 15) is 0 Å². The van der Waals surface area contributed by atoms with E-state index in [0.717, 1.165) is 17.5 Å². The van der Waals surface area contributed by atoms with Crippen molar-refractivity contribution in [2.24, 2.45) is 4.99 Å². The Kier molecular flexibility index (Phi) is 7.67. The van der Waals surface area contributed by atoms with Gasteiger partial charge in [0.25, 0.3) is 0 Å². The Hall–Kier alpha value is -0.370. The number of hydrogen-bond acceptors (Lipinski definition) is 3. The van der Waals surface area contributed by atoms with Crippen molar-refractivity contribution >= 4 is 41.3 Å². The Bertz CT molecular complexity index is 286. The summed E-state index contributed by atoms with van der Waals surface area (Å²) in [5, 5.41) is 9.34. The zero-order chi connectivity index (χ0) is 10.4. The van der Waals surface area contributed by atoms with Gasteiger partial charge in [-0.25, -0.2) is 4.98 Å². The molecule has 0 amide bonds. The van der Waals surface area contributed by atoms with Crippen molar-refractivity contribution in [2.45, 2.75) is 12.8 Å². The van der Waals surface area contributed by atoms with Crippen LogP contribution in [0.3, 0.4) is 0 Å². The summed E-state index contributed by atoms with van der Waals surface area (Å²) in [4.78, 5) is 8.30. The average Bonchev–Trinajstić information content (AvgIpc) is 2.72. The first kappa shape index (κ1) is 14.6. The summed E-state index contributed by atoms with van der Waals surface area (Å²) in [7, 11) is 3.61. The fraction of sp³-hybridized carbons (Fsp3) is 0.556. The van der Waals surface area contributed by atoms with Crippen LogP contribution in [0.1, 0.15) is 17.8 Å². The second-order valence-corrected chi connectivity index (χ2v) is 3.90. The highest BCUT2D eigenvalue weighted by Gasteiger charge is 2.07. The van der Waals surface area contributed by atoms with Crippen LogP contribution in [-0.4, -0.2) is 31.6 Å². The molecule has 1 unspecified atom stereocenters. The summed E-state index contributed by atoms with van der Waals surface area (Å²) in [5.74, 6) is 1.23. The zero-order valence-corrected chi connectivity index (χ0v) is 12.3. The molecule has 1 aromatic heterocycles. The van der Waals surface area contributed by atoms with Crippen LogP contribution in [0.15, 0.2) is 16.6 Å². The van der Waals surface area contributed by atoms with Crippen molar-refractivity contribution in [3.8, 4) is 0 Å². The normalized spacial score (nSPS) is 12.9. The van der Waals surface area contributed by atoms with Crippen LogP contribution in [0.5, 0.6) is 0 Å². The molecule has 0 bridgehead atoms. The van der Waals surface area contributed by atoms with E-state index in [2.05, 4.69) is 27.5 Å². The maximum absolute atomic E-state index is 4.26. The predicted molar refractivity (Wildman–Crippen MR) is 76.4 cm³/mol. The van der Waals surface area contributed by atoms with Gasteiger partial charge in [-0.2, -0.15) is 0 Å². The van der Waals surface area contributed by atoms with Gasteiger partial charge < -0.3 is 10.6 Å². The van der Waals surface area contributed by atoms with Crippen molar-refractivity contribution in [1.82, 2.24) is 15.6 Å². The molecular weight excluding hydrogens is 323 g/mol. The highest BCUT2D eigenvalue weighted by molar-refractivity contribution is 14.0. The third-order valence-electron chi connectivity index (χ3n) is 1.91. The van der Waals surface area contributed by atoms with Crippen LogP contribution in [0.4, 0.5) is 0 Å². The summed E-state index contributed by atoms with van der Waals surface area (Å²) >= 11 is 1.69. The molecule has 2 N–H and O–H groups in total. The molecule has 0 aliphatic carbocycles. The van der Waals surface area contributed by atoms with E-state index in [4.69, 9.17) is 0 Å². The van der Waals surface area contributed by atoms with Gasteiger partial charge in [0.1, 0.15) is 0 Å². The highest BCUT2D eigenvalue weighted by Crippen LogP contribution is 2.15. The number of halogens is 1. The van der Waals surface area contributed by atoms with Crippen LogP contribution >= 0.6 is 35.3 Å². The first-order valence-electron chi connectivity index (χ1n) is 4.55. The SMILES string of the molecule is CN=C(NC)NCC(C)c1nccs1.I. The number of nitrogens with one attached hydrogen (secondary N) is 2. The smallest absolute Gasteiger partial charge is 0.190 e. The largest absolute Gasteiger partial charge is 0.359 e. The third-order valence-corrected chi connectivity index (χ3v) is 2.92. The maximum atomic E-state index is 4.26. The fourth-order valence-corrected chi connectivity index (χ4v) is 1.79. The van der Waals surface area contributed by atoms with Crippen LogP contribution in [0.2, 0.25) is 0 Å². The molecule has 0 radical (unpaired) electrons. The molecule has 0 aliphatic heterocycles. The summed E-state index contributed by atoms with van der Waals surface area (Å²) in [6.45, 7) is 3.00. The highest BCUT2D eigenvalue weighted by atomic mass is 127. The summed E-state index contributed by atoms with van der Waals surface area (Å²) in [5.41, 5.74) is 0. The van der Waals surface area contributed by atoms with Gasteiger partial charge in [-0.1, -0.05) is 6.92 Å². The van der Waals surface area contributed by atoms with Crippen LogP contribution in [0, 0.1) is 0 Å². The van der Waals surface area contributed by atoms with Gasteiger partial charge in [-0.3, -0.25) is 4.99 Å². The second-order valence-electron chi connectivity index (χ2n) is 2.97. The van der Waals surface area contributed by atoms with E-state index < -0.39 is 0 Å². The Morgan fingerprint density at radius 3 is 2.87 bits per heavy atom. The van der Waals surface area contributed by atoms with E-state index in [-0.39, 0.29) is 24.0 Å². The van der Waals surface area contributed by atoms with Gasteiger partial charge in [0.15, 0.2) is 5.96 Å². The third kappa shape index (κ3) is 4.78. The van der Waals surface area contributed by atoms with Gasteiger partial charge >= 0.3 is 0 Å². The Balaban J connectivity index is 0.00000196. The molecule has 0 spiro atoms. The van der Waals surface area contributed by atoms with Gasteiger partial charge in [-0.15, -0.1) is 35.3 Å². The number of guanidine groups is 1. The van der Waals surface area contributed by atoms with Gasteiger partial charge in [-0.05, 0) is 0 Å². The Morgan fingerprint density at radius 2 is 2.40 bits per heavy atom. The number of thiazole rings is 1. The maximum Gasteiger partial charge on any atom is 0.190 e. The Morgan fingerprint density at radius 1 is 1.67 bits per heavy atom. The summed E-state index contributed by atoms with van der Waals surface area (Å²) in [6, 6.07) is 0. The summed E-state index contributed by atoms with van der Waals surface area (Å²) in [6.07, 6.45) is 1.84. The van der Waals surface area contributed by atoms with Crippen molar-refractivity contribution in [2.75, 3.05) is 20.6 Å². The minimum Gasteiger partial charge on any atom is -0.359 e. The number of nitrogens with zero attached hydrogens (tertiary/aromatic N) is 2. The minimum atomic E-state index is 0. The van der Waals surface area contributed by atoms with E-state index in [0.29, 0.717) is 5.92 Å². The molecule has 0 fully saturated rings. The first-order valence-corrected chi connectivity index (χ1v) is 5.43. The summed E-state index contributed by atoms with van der Waals surface area (Å²) < 4.78 is 0. The van der Waals surface area contributed by atoms with E-state index in [1.165, 1.54) is 0 Å². The molecule has 15 heavy (non-hydrogen) atoms. The topological polar surface area (TPSA) is 49.3 Å². The lowest BCUT2D eigenvalue weighted by Gasteiger charge is -2.12. The van der Waals surface area contributed by atoms with Gasteiger partial charge in [0.05, 0.1) is 5.01 Å². The lowest BCUT2D eigenvalue weighted by atomic mass is 10.2. The van der Waals surface area contributed by atoms with Crippen molar-refractivity contribution < 1.29 is 0 Å². The van der Waals surface area contributed by atoms with Gasteiger partial charge in [0, 0.05) is 38.1 Å². The molecule has 0 aromatic carbocycles. The van der Waals surface area contributed by atoms with Crippen molar-refractivity contribution in [1.29, 1.82) is 0 Å². The molecule has 0 saturated heterocycles. The van der Waals surface area contributed by atoms with Crippen molar-refractivity contribution in [3.05, 3.63) is 16.6 Å². The van der Waals surface area contributed by atoms with Crippen molar-refractivity contribution in [3.63, 3.8) is 0 Å². The number of rotatable bonds is 3. The Labute approximate surface area is 112 Å². The number of hydrogen-bond donors (Lipinski definition) is 2. The molecule has 6 heteroatoms. The molecule has 86 valence electrons. The fourth-order valence-electron chi connectivity index (χ4n) is 1.09. The molecule has 1 aromatic rings. The predicted octanol–water partition coefficient (Wildman–Crippen LogP) is 1.66. The van der Waals surface area contributed by atoms with Crippen LogP contribution < -0.4 is 10.6 Å². The monoisotopic (exact) mass is 340 g/mol.